The molecule has 0 radical (unpaired) electrons. The summed E-state index contributed by atoms with van der Waals surface area (Å²) in [6.45, 7) is 0.783. The Balaban J connectivity index is 2.08. The van der Waals surface area contributed by atoms with Crippen LogP contribution in [-0.4, -0.2) is 56.2 Å². The molecule has 1 saturated heterocycles. The summed E-state index contributed by atoms with van der Waals surface area (Å²) < 4.78 is 15.4. The third-order valence-electron chi connectivity index (χ3n) is 5.08. The van der Waals surface area contributed by atoms with E-state index in [0.717, 1.165) is 0 Å². The Morgan fingerprint density at radius 3 is 2.03 bits per heavy atom. The van der Waals surface area contributed by atoms with Gasteiger partial charge in [0, 0.05) is 25.8 Å². The molecule has 0 bridgehead atoms. The lowest BCUT2D eigenvalue weighted by Crippen LogP contribution is -2.31. The van der Waals surface area contributed by atoms with Crippen LogP contribution in [0.2, 0.25) is 0 Å². The molecule has 7 heteroatoms. The molecule has 1 amide bonds. The molecule has 2 aromatic rings. The van der Waals surface area contributed by atoms with Crippen molar-refractivity contribution in [3.05, 3.63) is 65.2 Å². The average Bonchev–Trinajstić information content (AvgIpc) is 3.04. The molecule has 0 aliphatic carbocycles. The van der Waals surface area contributed by atoms with E-state index in [0.29, 0.717) is 42.2 Å². The van der Waals surface area contributed by atoms with Crippen molar-refractivity contribution in [3.63, 3.8) is 0 Å². The predicted molar refractivity (Wildman–Crippen MR) is 111 cm³/mol. The van der Waals surface area contributed by atoms with E-state index in [-0.39, 0.29) is 11.3 Å². The van der Waals surface area contributed by atoms with E-state index in [9.17, 15) is 14.7 Å². The van der Waals surface area contributed by atoms with Crippen LogP contribution >= 0.6 is 0 Å². The van der Waals surface area contributed by atoms with E-state index < -0.39 is 17.7 Å². The minimum Gasteiger partial charge on any atom is -0.507 e. The van der Waals surface area contributed by atoms with Crippen molar-refractivity contribution in [1.29, 1.82) is 0 Å². The molecule has 0 saturated carbocycles. The van der Waals surface area contributed by atoms with Crippen molar-refractivity contribution >= 4 is 17.4 Å². The molecule has 1 aliphatic heterocycles. The van der Waals surface area contributed by atoms with Crippen LogP contribution in [0.3, 0.4) is 0 Å². The molecule has 158 valence electrons. The maximum atomic E-state index is 12.9. The molecular weight excluding hydrogens is 386 g/mol. The Hall–Kier alpha value is -3.32. The third-order valence-corrected chi connectivity index (χ3v) is 5.08. The highest BCUT2D eigenvalue weighted by molar-refractivity contribution is 6.46. The molecule has 0 spiro atoms. The number of rotatable bonds is 8. The number of likely N-dealkylation sites (tertiary alicyclic amines) is 1. The van der Waals surface area contributed by atoms with Gasteiger partial charge in [-0.15, -0.1) is 0 Å². The predicted octanol–water partition coefficient (Wildman–Crippen LogP) is 3.16. The molecule has 1 atom stereocenters. The summed E-state index contributed by atoms with van der Waals surface area (Å²) in [5, 5.41) is 11.0. The van der Waals surface area contributed by atoms with Gasteiger partial charge in [-0.05, 0) is 48.4 Å². The highest BCUT2D eigenvalue weighted by Gasteiger charge is 2.45. The monoisotopic (exact) mass is 411 g/mol. The van der Waals surface area contributed by atoms with Crippen LogP contribution in [0.4, 0.5) is 0 Å². The van der Waals surface area contributed by atoms with Gasteiger partial charge in [-0.1, -0.05) is 12.1 Å². The number of amides is 1. The zero-order valence-corrected chi connectivity index (χ0v) is 17.3. The van der Waals surface area contributed by atoms with Crippen LogP contribution in [0, 0.1) is 0 Å². The molecule has 1 N–H and O–H groups in total. The number of ether oxygens (including phenoxy) is 3. The molecule has 1 aliphatic rings. The number of hydrogen-bond donors (Lipinski definition) is 1. The number of hydrogen-bond acceptors (Lipinski definition) is 6. The van der Waals surface area contributed by atoms with Crippen molar-refractivity contribution < 1.29 is 28.9 Å². The normalized spacial score (nSPS) is 18.0. The van der Waals surface area contributed by atoms with Crippen molar-refractivity contribution in [2.24, 2.45) is 0 Å². The smallest absolute Gasteiger partial charge is 0.295 e. The summed E-state index contributed by atoms with van der Waals surface area (Å²) in [6, 6.07) is 13.1. The first-order valence-corrected chi connectivity index (χ1v) is 9.57. The van der Waals surface area contributed by atoms with Crippen LogP contribution in [0.25, 0.3) is 5.76 Å². The van der Waals surface area contributed by atoms with Gasteiger partial charge in [-0.25, -0.2) is 0 Å². The molecule has 3 rings (SSSR count). The minimum atomic E-state index is -0.707. The van der Waals surface area contributed by atoms with Gasteiger partial charge in [-0.3, -0.25) is 9.59 Å². The van der Waals surface area contributed by atoms with E-state index in [2.05, 4.69) is 0 Å². The fraction of sp³-hybridized carbons (Fsp3) is 0.304. The Bertz CT molecular complexity index is 933. The summed E-state index contributed by atoms with van der Waals surface area (Å²) in [5.41, 5.74) is 1.21. The highest BCUT2D eigenvalue weighted by atomic mass is 16.5. The van der Waals surface area contributed by atoms with E-state index in [4.69, 9.17) is 14.2 Å². The summed E-state index contributed by atoms with van der Waals surface area (Å²) in [7, 11) is 4.69. The highest BCUT2D eigenvalue weighted by Crippen LogP contribution is 2.40. The van der Waals surface area contributed by atoms with Gasteiger partial charge >= 0.3 is 0 Å². The second kappa shape index (κ2) is 9.45. The minimum absolute atomic E-state index is 0.0627. The summed E-state index contributed by atoms with van der Waals surface area (Å²) >= 11 is 0. The number of methoxy groups -OCH3 is 3. The van der Waals surface area contributed by atoms with Crippen LogP contribution in [0.5, 0.6) is 11.5 Å². The van der Waals surface area contributed by atoms with Gasteiger partial charge in [0.1, 0.15) is 17.3 Å². The van der Waals surface area contributed by atoms with Crippen molar-refractivity contribution in [2.75, 3.05) is 34.5 Å². The third kappa shape index (κ3) is 4.16. The zero-order chi connectivity index (χ0) is 21.7. The standard InChI is InChI=1S/C23H25NO6/c1-28-14-4-13-24-20(15-5-9-17(29-2)10-6-15)19(22(26)23(24)27)21(25)16-7-11-18(30-3)12-8-16/h5-12,20,25H,4,13-14H2,1-3H3. The van der Waals surface area contributed by atoms with E-state index in [1.54, 1.807) is 69.9 Å². The SMILES string of the molecule is COCCCN1C(=O)C(=O)C(=C(O)c2ccc(OC)cc2)C1c1ccc(OC)cc1. The molecule has 2 aromatic carbocycles. The number of nitrogens with zero attached hydrogens (tertiary/aromatic N) is 1. The number of Topliss-reactive ketones (excluding diaryl/α,β-unsaturated/α-hetero) is 1. The number of aliphatic hydroxyl groups excluding tert-OH is 1. The lowest BCUT2D eigenvalue weighted by atomic mass is 9.95. The maximum absolute atomic E-state index is 12.9. The number of aliphatic hydroxyl groups is 1. The maximum Gasteiger partial charge on any atom is 0.295 e. The molecule has 1 heterocycles. The second-order valence-electron chi connectivity index (χ2n) is 6.84. The largest absolute Gasteiger partial charge is 0.507 e. The van der Waals surface area contributed by atoms with Gasteiger partial charge < -0.3 is 24.2 Å². The number of carbonyl (C=O) groups is 2. The molecule has 1 unspecified atom stereocenters. The van der Waals surface area contributed by atoms with Gasteiger partial charge in [0.25, 0.3) is 11.7 Å². The number of benzene rings is 2. The lowest BCUT2D eigenvalue weighted by Gasteiger charge is -2.25. The summed E-state index contributed by atoms with van der Waals surface area (Å²) in [6.07, 6.45) is 0.568. The van der Waals surface area contributed by atoms with Crippen LogP contribution in [0.1, 0.15) is 23.6 Å². The average molecular weight is 411 g/mol. The first-order valence-electron chi connectivity index (χ1n) is 9.57. The van der Waals surface area contributed by atoms with Crippen LogP contribution < -0.4 is 9.47 Å². The summed E-state index contributed by atoms with van der Waals surface area (Å²) in [5.74, 6) is -0.280. The van der Waals surface area contributed by atoms with Crippen LogP contribution in [0.15, 0.2) is 54.1 Å². The molecule has 7 nitrogen and oxygen atoms in total. The fourth-order valence-corrected chi connectivity index (χ4v) is 3.53. The topological polar surface area (TPSA) is 85.3 Å². The van der Waals surface area contributed by atoms with Gasteiger partial charge in [0.05, 0.1) is 25.8 Å². The first-order chi connectivity index (χ1) is 14.5. The van der Waals surface area contributed by atoms with Gasteiger partial charge in [0.2, 0.25) is 0 Å². The van der Waals surface area contributed by atoms with Gasteiger partial charge in [0.15, 0.2) is 0 Å². The van der Waals surface area contributed by atoms with E-state index >= 15 is 0 Å². The Morgan fingerprint density at radius 2 is 1.50 bits per heavy atom. The van der Waals surface area contributed by atoms with E-state index in [1.165, 1.54) is 4.90 Å². The molecule has 0 aromatic heterocycles. The number of ketones is 1. The van der Waals surface area contributed by atoms with Crippen molar-refractivity contribution in [1.82, 2.24) is 4.90 Å². The quantitative estimate of drug-likeness (QED) is 0.311. The van der Waals surface area contributed by atoms with Crippen molar-refractivity contribution in [3.8, 4) is 11.5 Å². The number of carbonyl (C=O) groups excluding carboxylic acids is 2. The summed E-state index contributed by atoms with van der Waals surface area (Å²) in [4.78, 5) is 27.2. The lowest BCUT2D eigenvalue weighted by molar-refractivity contribution is -0.140. The Kier molecular flexibility index (Phi) is 6.74. The van der Waals surface area contributed by atoms with Crippen LogP contribution in [-0.2, 0) is 14.3 Å². The first kappa shape index (κ1) is 21.4. The second-order valence-corrected chi connectivity index (χ2v) is 6.84. The van der Waals surface area contributed by atoms with E-state index in [1.807, 2.05) is 0 Å². The Morgan fingerprint density at radius 1 is 0.933 bits per heavy atom. The molecular formula is C23H25NO6. The Labute approximate surface area is 175 Å². The molecule has 1 fully saturated rings. The van der Waals surface area contributed by atoms with Gasteiger partial charge in [-0.2, -0.15) is 0 Å². The fourth-order valence-electron chi connectivity index (χ4n) is 3.53. The van der Waals surface area contributed by atoms with Crippen molar-refractivity contribution in [2.45, 2.75) is 12.5 Å². The zero-order valence-electron chi connectivity index (χ0n) is 17.3. The molecule has 30 heavy (non-hydrogen) atoms.